The molecule has 0 radical (unpaired) electrons. The van der Waals surface area contributed by atoms with Gasteiger partial charge in [0.05, 0.1) is 42.3 Å². The average molecular weight is 1840 g/mol. The second-order valence-corrected chi connectivity index (χ2v) is 34.0. The van der Waals surface area contributed by atoms with Crippen molar-refractivity contribution in [3.05, 3.63) is 354 Å². The van der Waals surface area contributed by atoms with Crippen LogP contribution >= 0.6 is 58.2 Å². The molecule has 0 bridgehead atoms. The highest BCUT2D eigenvalue weighted by molar-refractivity contribution is 7.99. The number of likely N-dealkylation sites (tertiary alicyclic amines) is 1. The maximum absolute atomic E-state index is 12.8. The molecule has 13 N–H and O–H groups in total. The molecule has 26 nitrogen and oxygen atoms in total. The zero-order chi connectivity index (χ0) is 90.9. The van der Waals surface area contributed by atoms with E-state index in [1.807, 2.05) is 182 Å². The van der Waals surface area contributed by atoms with Gasteiger partial charge in [0.2, 0.25) is 0 Å². The van der Waals surface area contributed by atoms with E-state index in [0.717, 1.165) is 170 Å². The molecule has 4 saturated heterocycles. The van der Waals surface area contributed by atoms with Gasteiger partial charge in [-0.2, -0.15) is 11.8 Å². The summed E-state index contributed by atoms with van der Waals surface area (Å²) in [5.41, 5.74) is 13.1. The van der Waals surface area contributed by atoms with E-state index in [4.69, 9.17) is 68.0 Å². The molecule has 12 aromatic rings. The first-order chi connectivity index (χ1) is 63.3. The molecular weight excluding hydrogens is 1740 g/mol. The standard InChI is InChI=1S/C26H28ClN5O.C25H27ClN6O.C24H25ClN6O.C24H24ClN5OS/c27-21-13-14-24(30-18-21)31-26(33)22-7-3-4-8-23(22)29-17-19-9-11-20(12-10-19)25(28)32-15-5-1-2-6-16-32;1-31-12-14-32(15-13-31)24(27)19-8-6-18(7-9-19)16-28-22-5-3-2-4-21(22)25(33)30-23-11-10-20(26)17-29-23;25-19-9-10-22(29-16-19)30-24(32)20-3-1-2-4-21(20)28-15-17-5-7-18(8-6-17)23(26)31-13-11-27-12-14-31;25-19-9-10-22(28-16-19)29-24(31)20-3-1-2-4-21(20)27-15-17-5-7-18(8-6-17)23(26)30-11-13-32-14-12-30/h3-4,7-14,18,28-29H,1-2,5-6,15-17H2,(H,30,31,33);2-11,17,27-28H,12-16H2,1H3,(H,29,30,33);1-10,16,26-28H,11-15H2,(H,29,30,32);1-10,16,26-27H,11-15H2,(H,28,29,31). The van der Waals surface area contributed by atoms with Gasteiger partial charge in [0.25, 0.3) is 23.6 Å². The molecule has 0 aliphatic carbocycles. The molecule has 4 fully saturated rings. The van der Waals surface area contributed by atoms with Crippen LogP contribution in [0.15, 0.2) is 267 Å². The van der Waals surface area contributed by atoms with E-state index >= 15 is 0 Å². The third kappa shape index (κ3) is 28.1. The fraction of sp³-hybridized carbons (Fsp3) is 0.232. The van der Waals surface area contributed by atoms with E-state index in [0.29, 0.717) is 115 Å². The lowest BCUT2D eigenvalue weighted by molar-refractivity contribution is 0.101. The largest absolute Gasteiger partial charge is 0.380 e. The van der Waals surface area contributed by atoms with Crippen molar-refractivity contribution >= 4 is 151 Å². The third-order valence-corrected chi connectivity index (χ3v) is 23.7. The number of benzene rings is 8. The number of nitrogens with zero attached hydrogens (tertiary/aromatic N) is 9. The van der Waals surface area contributed by atoms with Crippen molar-refractivity contribution in [2.24, 2.45) is 0 Å². The number of aromatic nitrogens is 4. The molecule has 4 aromatic heterocycles. The summed E-state index contributed by atoms with van der Waals surface area (Å²) < 4.78 is 0. The minimum absolute atomic E-state index is 0.242. The Morgan fingerprint density at radius 3 is 0.838 bits per heavy atom. The molecule has 4 aliphatic rings. The summed E-state index contributed by atoms with van der Waals surface area (Å²) in [5.74, 6) is 5.26. The van der Waals surface area contributed by atoms with Gasteiger partial charge in [-0.3, -0.25) is 40.8 Å². The number of piperazine rings is 2. The van der Waals surface area contributed by atoms with Crippen molar-refractivity contribution in [3.8, 4) is 0 Å². The van der Waals surface area contributed by atoms with E-state index in [-0.39, 0.29) is 23.6 Å². The number of nitrogens with one attached hydrogen (secondary N) is 13. The highest BCUT2D eigenvalue weighted by Crippen LogP contribution is 2.27. The molecule has 4 amide bonds. The quantitative estimate of drug-likeness (QED) is 0.0197. The van der Waals surface area contributed by atoms with Crippen molar-refractivity contribution in [1.29, 1.82) is 21.6 Å². The minimum atomic E-state index is -0.247. The number of hydrogen-bond donors (Lipinski definition) is 13. The second-order valence-electron chi connectivity index (χ2n) is 31.1. The number of carbonyl (C=O) groups excluding carboxylic acids is 4. The number of pyridine rings is 4. The Morgan fingerprint density at radius 1 is 0.315 bits per heavy atom. The minimum Gasteiger partial charge on any atom is -0.380 e. The number of hydrogen-bond acceptors (Lipinski definition) is 19. The molecular formula is C99H104Cl4N22O4S. The predicted molar refractivity (Wildman–Crippen MR) is 529 cm³/mol. The fourth-order valence-electron chi connectivity index (χ4n) is 14.5. The summed E-state index contributed by atoms with van der Waals surface area (Å²) in [7, 11) is 2.11. The number of para-hydroxylation sites is 4. The predicted octanol–water partition coefficient (Wildman–Crippen LogP) is 18.8. The summed E-state index contributed by atoms with van der Waals surface area (Å²) in [6.07, 6.45) is 10.8. The van der Waals surface area contributed by atoms with Crippen molar-refractivity contribution in [2.75, 3.05) is 140 Å². The van der Waals surface area contributed by atoms with Crippen LogP contribution < -0.4 is 47.9 Å². The molecule has 0 unspecified atom stereocenters. The molecule has 8 aromatic carbocycles. The zero-order valence-corrected chi connectivity index (χ0v) is 75.9. The first-order valence-corrected chi connectivity index (χ1v) is 45.7. The van der Waals surface area contributed by atoms with E-state index in [9.17, 15) is 19.2 Å². The van der Waals surface area contributed by atoms with Gasteiger partial charge in [0.1, 0.15) is 46.6 Å². The zero-order valence-electron chi connectivity index (χ0n) is 72.0. The smallest absolute Gasteiger partial charge is 0.258 e. The number of thioether (sulfide) groups is 1. The summed E-state index contributed by atoms with van der Waals surface area (Å²) in [5, 5.41) is 63.9. The number of amides is 4. The van der Waals surface area contributed by atoms with Crippen LogP contribution in [0.5, 0.6) is 0 Å². The van der Waals surface area contributed by atoms with Crippen LogP contribution in [0, 0.1) is 21.6 Å². The van der Waals surface area contributed by atoms with Crippen LogP contribution in [0.4, 0.5) is 46.0 Å². The number of halogens is 4. The summed E-state index contributed by atoms with van der Waals surface area (Å²) >= 11 is 25.4. The Kier molecular flexibility index (Phi) is 35.0. The molecule has 0 spiro atoms. The van der Waals surface area contributed by atoms with Gasteiger partial charge >= 0.3 is 0 Å². The SMILES string of the molecule is CN1CCN(C(=N)c2ccc(CNc3ccccc3C(=O)Nc3ccc(Cl)cn3)cc2)CC1.N=C(c1ccc(CNc2ccccc2C(=O)Nc2ccc(Cl)cn2)cc1)N1CCCCCC1.N=C(c1ccc(CNc2ccccc2C(=O)Nc2ccc(Cl)cn2)cc1)N1CCNCC1.N=C(c1ccc(CNc2ccccc2C(=O)Nc2ccc(Cl)cn2)cc1)N1CCSCC1. The van der Waals surface area contributed by atoms with Gasteiger partial charge in [-0.15, -0.1) is 0 Å². The fourth-order valence-corrected chi connectivity index (χ4v) is 15.9. The topological polar surface area (TPSA) is 340 Å². The summed E-state index contributed by atoms with van der Waals surface area (Å²) in [4.78, 5) is 78.3. The van der Waals surface area contributed by atoms with Gasteiger partial charge in [-0.05, 0) is 139 Å². The van der Waals surface area contributed by atoms with Crippen LogP contribution in [0.2, 0.25) is 20.1 Å². The molecule has 130 heavy (non-hydrogen) atoms. The normalized spacial score (nSPS) is 13.7. The van der Waals surface area contributed by atoms with E-state index in [1.165, 1.54) is 37.6 Å². The van der Waals surface area contributed by atoms with Crippen molar-refractivity contribution in [2.45, 2.75) is 51.9 Å². The summed E-state index contributed by atoms with van der Waals surface area (Å²) in [6.45, 7) is 13.3. The number of carbonyl (C=O) groups is 4. The summed E-state index contributed by atoms with van der Waals surface area (Å²) in [6, 6.07) is 75.0. The number of rotatable bonds is 24. The average Bonchev–Trinajstić information content (AvgIpc) is 1.34. The van der Waals surface area contributed by atoms with Crippen LogP contribution in [0.25, 0.3) is 0 Å². The van der Waals surface area contributed by atoms with Crippen molar-refractivity contribution < 1.29 is 19.2 Å². The molecule has 16 rings (SSSR count). The van der Waals surface area contributed by atoms with Gasteiger partial charge in [-0.1, -0.05) is 205 Å². The highest BCUT2D eigenvalue weighted by Gasteiger charge is 2.23. The maximum atomic E-state index is 12.8. The monoisotopic (exact) mass is 1840 g/mol. The third-order valence-electron chi connectivity index (χ3n) is 21.9. The Bertz CT molecular complexity index is 5610. The van der Waals surface area contributed by atoms with Crippen molar-refractivity contribution in [1.82, 2.24) is 49.8 Å². The van der Waals surface area contributed by atoms with Gasteiger partial charge in [0, 0.05) is 186 Å². The number of amidine groups is 4. The molecule has 0 saturated carbocycles. The van der Waals surface area contributed by atoms with Crippen LogP contribution in [-0.2, 0) is 26.2 Å². The molecule has 31 heteroatoms. The lowest BCUT2D eigenvalue weighted by Gasteiger charge is -2.34. The van der Waals surface area contributed by atoms with Gasteiger partial charge < -0.3 is 72.4 Å². The van der Waals surface area contributed by atoms with Crippen LogP contribution in [-0.4, -0.2) is 188 Å². The Hall–Kier alpha value is -13.3. The molecule has 4 aliphatic heterocycles. The lowest BCUT2D eigenvalue weighted by Crippen LogP contribution is -2.47. The first-order valence-electron chi connectivity index (χ1n) is 43.0. The lowest BCUT2D eigenvalue weighted by atomic mass is 10.1. The highest BCUT2D eigenvalue weighted by atomic mass is 35.5. The second kappa shape index (κ2) is 48.2. The number of anilines is 8. The van der Waals surface area contributed by atoms with E-state index in [2.05, 4.69) is 99.3 Å². The van der Waals surface area contributed by atoms with Gasteiger partial charge in [-0.25, -0.2) is 19.9 Å². The van der Waals surface area contributed by atoms with E-state index < -0.39 is 0 Å². The molecule has 668 valence electrons. The maximum Gasteiger partial charge on any atom is 0.258 e. The first kappa shape index (κ1) is 94.4. The Morgan fingerprint density at radius 2 is 0.569 bits per heavy atom. The van der Waals surface area contributed by atoms with Crippen molar-refractivity contribution in [3.63, 3.8) is 0 Å². The Labute approximate surface area is 782 Å². The Balaban J connectivity index is 0.000000148. The van der Waals surface area contributed by atoms with Crippen LogP contribution in [0.3, 0.4) is 0 Å². The molecule has 8 heterocycles. The van der Waals surface area contributed by atoms with E-state index in [1.54, 1.807) is 72.8 Å². The number of likely N-dealkylation sites (N-methyl/N-ethyl adjacent to an activating group) is 1. The molecule has 0 atom stereocenters. The van der Waals surface area contributed by atoms with Crippen LogP contribution in [0.1, 0.15) is 112 Å². The van der Waals surface area contributed by atoms with Gasteiger partial charge in [0.15, 0.2) is 0 Å².